The number of hydrogen-bond acceptors (Lipinski definition) is 3. The fourth-order valence-corrected chi connectivity index (χ4v) is 2.60. The summed E-state index contributed by atoms with van der Waals surface area (Å²) in [5.74, 6) is 0. The maximum atomic E-state index is 5.87. The minimum Gasteiger partial charge on any atom is -0.399 e. The van der Waals surface area contributed by atoms with E-state index >= 15 is 0 Å². The second kappa shape index (κ2) is 4.33. The predicted molar refractivity (Wildman–Crippen MR) is 74.6 cm³/mol. The molecule has 1 aliphatic rings. The Bertz CT molecular complexity index is 578. The maximum Gasteiger partial charge on any atom is 0.0433 e. The molecule has 1 aromatic carbocycles. The summed E-state index contributed by atoms with van der Waals surface area (Å²) in [6, 6.07) is 8.33. The van der Waals surface area contributed by atoms with Crippen LogP contribution in [-0.4, -0.2) is 11.5 Å². The van der Waals surface area contributed by atoms with E-state index in [9.17, 15) is 0 Å². The Morgan fingerprint density at radius 3 is 2.94 bits per heavy atom. The third kappa shape index (κ3) is 1.92. The Hall–Kier alpha value is -2.03. The number of rotatable bonds is 1. The average molecular weight is 239 g/mol. The average Bonchev–Trinajstić information content (AvgIpc) is 2.38. The summed E-state index contributed by atoms with van der Waals surface area (Å²) < 4.78 is 0. The van der Waals surface area contributed by atoms with Gasteiger partial charge in [0.1, 0.15) is 0 Å². The number of pyridine rings is 1. The zero-order chi connectivity index (χ0) is 12.5. The quantitative estimate of drug-likeness (QED) is 0.778. The minimum atomic E-state index is 0.849. The zero-order valence-corrected chi connectivity index (χ0v) is 10.6. The number of aryl methyl sites for hydroxylation is 1. The van der Waals surface area contributed by atoms with E-state index in [0.29, 0.717) is 0 Å². The number of nitrogen functional groups attached to an aromatic ring is 1. The molecule has 0 spiro atoms. The van der Waals surface area contributed by atoms with E-state index in [4.69, 9.17) is 5.73 Å². The minimum absolute atomic E-state index is 0.849. The summed E-state index contributed by atoms with van der Waals surface area (Å²) in [4.78, 5) is 6.55. The van der Waals surface area contributed by atoms with Gasteiger partial charge in [0.05, 0.1) is 0 Å². The molecule has 0 radical (unpaired) electrons. The molecule has 2 aromatic rings. The summed E-state index contributed by atoms with van der Waals surface area (Å²) in [6.07, 6.45) is 4.86. The molecule has 18 heavy (non-hydrogen) atoms. The number of benzene rings is 1. The molecule has 3 heteroatoms. The van der Waals surface area contributed by atoms with Crippen molar-refractivity contribution in [1.82, 2.24) is 4.98 Å². The molecule has 2 heterocycles. The lowest BCUT2D eigenvalue weighted by Crippen LogP contribution is -2.30. The van der Waals surface area contributed by atoms with Crippen LogP contribution >= 0.6 is 0 Å². The molecule has 1 aliphatic heterocycles. The molecule has 0 aliphatic carbocycles. The van der Waals surface area contributed by atoms with Crippen molar-refractivity contribution in [2.75, 3.05) is 17.2 Å². The third-order valence-electron chi connectivity index (χ3n) is 3.57. The lowest BCUT2D eigenvalue weighted by molar-refractivity contribution is 0.729. The van der Waals surface area contributed by atoms with Gasteiger partial charge in [-0.3, -0.25) is 4.98 Å². The summed E-state index contributed by atoms with van der Waals surface area (Å²) >= 11 is 0. The van der Waals surface area contributed by atoms with Crippen LogP contribution in [0.2, 0.25) is 0 Å². The first kappa shape index (κ1) is 11.1. The lowest BCUT2D eigenvalue weighted by Gasteiger charge is -2.31. The van der Waals surface area contributed by atoms with E-state index in [-0.39, 0.29) is 0 Å². The third-order valence-corrected chi connectivity index (χ3v) is 3.57. The number of nitrogens with zero attached hydrogens (tertiary/aromatic N) is 2. The number of fused-ring (bicyclic) bond motifs is 1. The first-order chi connectivity index (χ1) is 8.74. The highest BCUT2D eigenvalue weighted by Gasteiger charge is 2.17. The lowest BCUT2D eigenvalue weighted by atomic mass is 9.98. The smallest absolute Gasteiger partial charge is 0.0433 e. The predicted octanol–water partition coefficient (Wildman–Crippen LogP) is 2.53. The molecule has 0 saturated carbocycles. The molecular weight excluding hydrogens is 222 g/mol. The normalized spacial score (nSPS) is 14.4. The van der Waals surface area contributed by atoms with Crippen molar-refractivity contribution in [3.63, 3.8) is 0 Å². The van der Waals surface area contributed by atoms with Crippen molar-refractivity contribution in [3.8, 4) is 0 Å². The van der Waals surface area contributed by atoms with E-state index in [0.717, 1.165) is 25.2 Å². The van der Waals surface area contributed by atoms with Gasteiger partial charge in [0.2, 0.25) is 0 Å². The van der Waals surface area contributed by atoms with Crippen LogP contribution in [0.25, 0.3) is 0 Å². The van der Waals surface area contributed by atoms with Crippen LogP contribution in [-0.2, 0) is 13.0 Å². The first-order valence-corrected chi connectivity index (χ1v) is 6.27. The standard InChI is InChI=1S/C15H17N3/c1-11-9-17-6-4-15(11)18-7-5-12-2-3-14(16)8-13(12)10-18/h2-4,6,8-9H,5,7,10,16H2,1H3. The highest BCUT2D eigenvalue weighted by Crippen LogP contribution is 2.27. The molecular formula is C15H17N3. The fraction of sp³-hybridized carbons (Fsp3) is 0.267. The van der Waals surface area contributed by atoms with Crippen molar-refractivity contribution in [2.24, 2.45) is 0 Å². The topological polar surface area (TPSA) is 42.2 Å². The van der Waals surface area contributed by atoms with Crippen molar-refractivity contribution < 1.29 is 0 Å². The van der Waals surface area contributed by atoms with Crippen molar-refractivity contribution >= 4 is 11.4 Å². The zero-order valence-electron chi connectivity index (χ0n) is 10.6. The Morgan fingerprint density at radius 1 is 1.22 bits per heavy atom. The Morgan fingerprint density at radius 2 is 2.11 bits per heavy atom. The van der Waals surface area contributed by atoms with Crippen LogP contribution in [0, 0.1) is 6.92 Å². The molecule has 92 valence electrons. The number of nitrogens with two attached hydrogens (primary N) is 1. The summed E-state index contributed by atoms with van der Waals surface area (Å²) in [5, 5.41) is 0. The van der Waals surface area contributed by atoms with Crippen LogP contribution in [0.4, 0.5) is 11.4 Å². The monoisotopic (exact) mass is 239 g/mol. The summed E-state index contributed by atoms with van der Waals surface area (Å²) in [5.41, 5.74) is 12.0. The molecule has 0 unspecified atom stereocenters. The summed E-state index contributed by atoms with van der Waals surface area (Å²) in [7, 11) is 0. The first-order valence-electron chi connectivity index (χ1n) is 6.27. The molecule has 3 nitrogen and oxygen atoms in total. The fourth-order valence-electron chi connectivity index (χ4n) is 2.60. The largest absolute Gasteiger partial charge is 0.399 e. The van der Waals surface area contributed by atoms with Gasteiger partial charge < -0.3 is 10.6 Å². The molecule has 0 fully saturated rings. The second-order valence-corrected chi connectivity index (χ2v) is 4.86. The summed E-state index contributed by atoms with van der Waals surface area (Å²) in [6.45, 7) is 4.10. The van der Waals surface area contributed by atoms with Gasteiger partial charge in [-0.2, -0.15) is 0 Å². The number of hydrogen-bond donors (Lipinski definition) is 1. The molecule has 0 bridgehead atoms. The van der Waals surface area contributed by atoms with E-state index in [1.807, 2.05) is 18.5 Å². The van der Waals surface area contributed by atoms with Gasteiger partial charge in [-0.1, -0.05) is 6.07 Å². The van der Waals surface area contributed by atoms with Gasteiger partial charge >= 0.3 is 0 Å². The molecule has 0 amide bonds. The molecule has 0 atom stereocenters. The van der Waals surface area contributed by atoms with Crippen molar-refractivity contribution in [1.29, 1.82) is 0 Å². The van der Waals surface area contributed by atoms with Gasteiger partial charge in [-0.05, 0) is 48.2 Å². The Balaban J connectivity index is 1.93. The molecule has 3 rings (SSSR count). The SMILES string of the molecule is Cc1cnccc1N1CCc2ccc(N)cc2C1. The molecule has 2 N–H and O–H groups in total. The number of aromatic nitrogens is 1. The van der Waals surface area contributed by atoms with E-state index in [1.54, 1.807) is 0 Å². The van der Waals surface area contributed by atoms with Crippen molar-refractivity contribution in [3.05, 3.63) is 53.3 Å². The van der Waals surface area contributed by atoms with Crippen LogP contribution in [0.15, 0.2) is 36.7 Å². The van der Waals surface area contributed by atoms with Crippen LogP contribution in [0.3, 0.4) is 0 Å². The van der Waals surface area contributed by atoms with E-state index in [1.165, 1.54) is 22.4 Å². The van der Waals surface area contributed by atoms with Crippen LogP contribution < -0.4 is 10.6 Å². The van der Waals surface area contributed by atoms with Gasteiger partial charge in [-0.25, -0.2) is 0 Å². The highest BCUT2D eigenvalue weighted by atomic mass is 15.1. The molecule has 0 saturated heterocycles. The van der Waals surface area contributed by atoms with Crippen molar-refractivity contribution in [2.45, 2.75) is 19.9 Å². The maximum absolute atomic E-state index is 5.87. The van der Waals surface area contributed by atoms with E-state index < -0.39 is 0 Å². The Labute approximate surface area is 107 Å². The van der Waals surface area contributed by atoms with Gasteiger partial charge in [0.15, 0.2) is 0 Å². The number of anilines is 2. The van der Waals surface area contributed by atoms with E-state index in [2.05, 4.69) is 35.0 Å². The van der Waals surface area contributed by atoms with Gasteiger partial charge in [0.25, 0.3) is 0 Å². The Kier molecular flexibility index (Phi) is 2.67. The second-order valence-electron chi connectivity index (χ2n) is 4.86. The van der Waals surface area contributed by atoms with Gasteiger partial charge in [0, 0.05) is 36.9 Å². The highest BCUT2D eigenvalue weighted by molar-refractivity contribution is 5.55. The van der Waals surface area contributed by atoms with Gasteiger partial charge in [-0.15, -0.1) is 0 Å². The van der Waals surface area contributed by atoms with Crippen LogP contribution in [0.5, 0.6) is 0 Å². The molecule has 1 aromatic heterocycles. The van der Waals surface area contributed by atoms with Crippen LogP contribution in [0.1, 0.15) is 16.7 Å².